The van der Waals surface area contributed by atoms with Gasteiger partial charge in [-0.15, -0.1) is 0 Å². The van der Waals surface area contributed by atoms with Crippen LogP contribution in [0.1, 0.15) is 0 Å². The molecule has 0 atom stereocenters. The monoisotopic (exact) mass is 188 g/mol. The Balaban J connectivity index is 2.34. The lowest BCUT2D eigenvalue weighted by molar-refractivity contribution is 0.572. The summed E-state index contributed by atoms with van der Waals surface area (Å²) in [5.41, 5.74) is 1.00. The molecule has 0 aliphatic heterocycles. The number of rotatable bonds is 2. The van der Waals surface area contributed by atoms with Gasteiger partial charge in [-0.05, 0) is 12.1 Å². The Hall–Kier alpha value is -1.77. The van der Waals surface area contributed by atoms with Crippen molar-refractivity contribution in [2.75, 3.05) is 19.0 Å². The third-order valence-electron chi connectivity index (χ3n) is 1.96. The molecule has 72 valence electrons. The van der Waals surface area contributed by atoms with Crippen LogP contribution in [0.5, 0.6) is 0 Å². The minimum atomic E-state index is 0.661. The summed E-state index contributed by atoms with van der Waals surface area (Å²) in [5.74, 6) is 1.43. The largest absolute Gasteiger partial charge is 0.421 e. The van der Waals surface area contributed by atoms with Crippen LogP contribution < -0.4 is 4.90 Å². The highest BCUT2D eigenvalue weighted by Gasteiger charge is 2.06. The van der Waals surface area contributed by atoms with Crippen molar-refractivity contribution in [2.45, 2.75) is 0 Å². The third kappa shape index (κ3) is 1.62. The van der Waals surface area contributed by atoms with Gasteiger partial charge in [-0.2, -0.15) is 0 Å². The van der Waals surface area contributed by atoms with Crippen LogP contribution in [0, 0.1) is 0 Å². The van der Waals surface area contributed by atoms with Gasteiger partial charge in [0.15, 0.2) is 0 Å². The van der Waals surface area contributed by atoms with E-state index in [1.54, 1.807) is 6.20 Å². The summed E-state index contributed by atoms with van der Waals surface area (Å²) in [6, 6.07) is 9.86. The predicted octanol–water partition coefficient (Wildman–Crippen LogP) is 2.41. The molecule has 0 saturated carbocycles. The van der Waals surface area contributed by atoms with Crippen LogP contribution in [0.3, 0.4) is 0 Å². The van der Waals surface area contributed by atoms with Crippen molar-refractivity contribution < 1.29 is 4.42 Å². The normalized spacial score (nSPS) is 10.1. The average Bonchev–Trinajstić information content (AvgIpc) is 2.68. The van der Waals surface area contributed by atoms with Crippen molar-refractivity contribution in [1.82, 2.24) is 4.98 Å². The van der Waals surface area contributed by atoms with Crippen molar-refractivity contribution in [2.24, 2.45) is 0 Å². The number of nitrogens with zero attached hydrogens (tertiary/aromatic N) is 2. The van der Waals surface area contributed by atoms with E-state index in [4.69, 9.17) is 4.42 Å². The van der Waals surface area contributed by atoms with Crippen molar-refractivity contribution in [3.63, 3.8) is 0 Å². The smallest absolute Gasteiger partial charge is 0.228 e. The van der Waals surface area contributed by atoms with Gasteiger partial charge in [0.25, 0.3) is 0 Å². The Bertz CT molecular complexity index is 406. The maximum absolute atomic E-state index is 5.55. The lowest BCUT2D eigenvalue weighted by atomic mass is 10.2. The zero-order valence-electron chi connectivity index (χ0n) is 8.27. The summed E-state index contributed by atoms with van der Waals surface area (Å²) < 4.78 is 5.55. The van der Waals surface area contributed by atoms with E-state index in [1.165, 1.54) is 0 Å². The second-order valence-corrected chi connectivity index (χ2v) is 3.26. The Kier molecular flexibility index (Phi) is 2.23. The third-order valence-corrected chi connectivity index (χ3v) is 1.96. The van der Waals surface area contributed by atoms with Crippen molar-refractivity contribution in [3.05, 3.63) is 36.5 Å². The first-order valence-electron chi connectivity index (χ1n) is 4.46. The second kappa shape index (κ2) is 3.54. The standard InChI is InChI=1S/C11H12N2O/c1-13(2)10-8-12-11(14-10)9-6-4-3-5-7-9/h3-8H,1-2H3. The molecule has 0 bridgehead atoms. The first-order chi connectivity index (χ1) is 6.77. The first kappa shape index (κ1) is 8.81. The average molecular weight is 188 g/mol. The van der Waals surface area contributed by atoms with Gasteiger partial charge < -0.3 is 9.32 Å². The topological polar surface area (TPSA) is 29.3 Å². The molecule has 0 radical (unpaired) electrons. The number of benzene rings is 1. The molecule has 0 amide bonds. The SMILES string of the molecule is CN(C)c1cnc(-c2ccccc2)o1. The molecule has 2 rings (SSSR count). The van der Waals surface area contributed by atoms with Crippen LogP contribution in [0.25, 0.3) is 11.5 Å². The highest BCUT2D eigenvalue weighted by Crippen LogP contribution is 2.22. The van der Waals surface area contributed by atoms with Gasteiger partial charge in [0.1, 0.15) is 0 Å². The molecule has 3 nitrogen and oxygen atoms in total. The number of hydrogen-bond donors (Lipinski definition) is 0. The van der Waals surface area contributed by atoms with E-state index >= 15 is 0 Å². The molecule has 1 heterocycles. The zero-order valence-corrected chi connectivity index (χ0v) is 8.27. The molecule has 0 N–H and O–H groups in total. The predicted molar refractivity (Wildman–Crippen MR) is 56.3 cm³/mol. The molecule has 0 aliphatic carbocycles. The van der Waals surface area contributed by atoms with Gasteiger partial charge in [0, 0.05) is 19.7 Å². The van der Waals surface area contributed by atoms with E-state index < -0.39 is 0 Å². The highest BCUT2D eigenvalue weighted by molar-refractivity contribution is 5.54. The second-order valence-electron chi connectivity index (χ2n) is 3.26. The number of aromatic nitrogens is 1. The Morgan fingerprint density at radius 1 is 1.14 bits per heavy atom. The highest BCUT2D eigenvalue weighted by atomic mass is 16.4. The number of hydrogen-bond acceptors (Lipinski definition) is 3. The van der Waals surface area contributed by atoms with E-state index in [0.29, 0.717) is 5.89 Å². The minimum Gasteiger partial charge on any atom is -0.421 e. The summed E-state index contributed by atoms with van der Waals surface area (Å²) >= 11 is 0. The van der Waals surface area contributed by atoms with Crippen LogP contribution in [0.4, 0.5) is 5.88 Å². The number of oxazole rings is 1. The lowest BCUT2D eigenvalue weighted by Gasteiger charge is -2.05. The summed E-state index contributed by atoms with van der Waals surface area (Å²) in [7, 11) is 3.85. The van der Waals surface area contributed by atoms with E-state index in [-0.39, 0.29) is 0 Å². The molecule has 0 fully saturated rings. The van der Waals surface area contributed by atoms with Crippen LogP contribution >= 0.6 is 0 Å². The van der Waals surface area contributed by atoms with Crippen LogP contribution in [0.2, 0.25) is 0 Å². The van der Waals surface area contributed by atoms with E-state index in [2.05, 4.69) is 4.98 Å². The molecule has 0 saturated heterocycles. The molecule has 1 aromatic carbocycles. The van der Waals surface area contributed by atoms with E-state index in [9.17, 15) is 0 Å². The molecule has 0 spiro atoms. The fourth-order valence-corrected chi connectivity index (χ4v) is 1.19. The molecule has 2 aromatic rings. The quantitative estimate of drug-likeness (QED) is 0.724. The van der Waals surface area contributed by atoms with Crippen molar-refractivity contribution in [1.29, 1.82) is 0 Å². The summed E-state index contributed by atoms with van der Waals surface area (Å²) in [5, 5.41) is 0. The molecule has 14 heavy (non-hydrogen) atoms. The first-order valence-corrected chi connectivity index (χ1v) is 4.46. The molecular formula is C11H12N2O. The van der Waals surface area contributed by atoms with Crippen LogP contribution in [-0.4, -0.2) is 19.1 Å². The van der Waals surface area contributed by atoms with Crippen LogP contribution in [0.15, 0.2) is 40.9 Å². The van der Waals surface area contributed by atoms with Gasteiger partial charge in [0.05, 0.1) is 6.20 Å². The van der Waals surface area contributed by atoms with Gasteiger partial charge >= 0.3 is 0 Å². The molecule has 3 heteroatoms. The van der Waals surface area contributed by atoms with E-state index in [0.717, 1.165) is 11.4 Å². The fraction of sp³-hybridized carbons (Fsp3) is 0.182. The number of anilines is 1. The Morgan fingerprint density at radius 2 is 1.86 bits per heavy atom. The van der Waals surface area contributed by atoms with Crippen LogP contribution in [-0.2, 0) is 0 Å². The van der Waals surface area contributed by atoms with Gasteiger partial charge in [0.2, 0.25) is 11.8 Å². The maximum atomic E-state index is 5.55. The summed E-state index contributed by atoms with van der Waals surface area (Å²) in [6.07, 6.45) is 1.72. The Labute approximate surface area is 83.0 Å². The molecular weight excluding hydrogens is 176 g/mol. The van der Waals surface area contributed by atoms with E-state index in [1.807, 2.05) is 49.3 Å². The van der Waals surface area contributed by atoms with Crippen molar-refractivity contribution >= 4 is 5.88 Å². The maximum Gasteiger partial charge on any atom is 0.228 e. The van der Waals surface area contributed by atoms with Gasteiger partial charge in [-0.25, -0.2) is 4.98 Å². The minimum absolute atomic E-state index is 0.661. The zero-order chi connectivity index (χ0) is 9.97. The molecule has 1 aromatic heterocycles. The van der Waals surface area contributed by atoms with Crippen molar-refractivity contribution in [3.8, 4) is 11.5 Å². The van der Waals surface area contributed by atoms with Gasteiger partial charge in [-0.3, -0.25) is 0 Å². The fourth-order valence-electron chi connectivity index (χ4n) is 1.19. The summed E-state index contributed by atoms with van der Waals surface area (Å²) in [4.78, 5) is 6.09. The summed E-state index contributed by atoms with van der Waals surface area (Å²) in [6.45, 7) is 0. The lowest BCUT2D eigenvalue weighted by Crippen LogP contribution is -2.06. The molecule has 0 unspecified atom stereocenters. The Morgan fingerprint density at radius 3 is 2.43 bits per heavy atom. The molecule has 0 aliphatic rings. The van der Waals surface area contributed by atoms with Gasteiger partial charge in [-0.1, -0.05) is 18.2 Å².